The fourth-order valence-corrected chi connectivity index (χ4v) is 1.96. The number of nitro benzene ring substituents is 1. The Kier molecular flexibility index (Phi) is 5.06. The molecule has 1 aromatic rings. The molecule has 0 saturated heterocycles. The molecule has 2 N–H and O–H groups in total. The molecular formula is C14H20N4O2. The molecule has 0 aromatic heterocycles. The summed E-state index contributed by atoms with van der Waals surface area (Å²) in [5.41, 5.74) is 6.36. The van der Waals surface area contributed by atoms with Crippen molar-refractivity contribution < 1.29 is 4.92 Å². The highest BCUT2D eigenvalue weighted by atomic mass is 16.6. The minimum Gasteiger partial charge on any atom is -0.366 e. The molecule has 0 aliphatic rings. The average molecular weight is 276 g/mol. The van der Waals surface area contributed by atoms with Crippen molar-refractivity contribution in [2.24, 2.45) is 11.1 Å². The quantitative estimate of drug-likeness (QED) is 0.635. The monoisotopic (exact) mass is 276 g/mol. The molecule has 0 aliphatic heterocycles. The van der Waals surface area contributed by atoms with Crippen LogP contribution in [0.15, 0.2) is 18.2 Å². The molecule has 1 rings (SSSR count). The van der Waals surface area contributed by atoms with E-state index >= 15 is 0 Å². The van der Waals surface area contributed by atoms with Gasteiger partial charge < -0.3 is 10.6 Å². The van der Waals surface area contributed by atoms with Crippen LogP contribution in [-0.4, -0.2) is 24.6 Å². The number of nitrogens with zero attached hydrogens (tertiary/aromatic N) is 3. The van der Waals surface area contributed by atoms with Crippen molar-refractivity contribution in [3.05, 3.63) is 33.9 Å². The van der Waals surface area contributed by atoms with E-state index in [-0.39, 0.29) is 16.7 Å². The number of nitro groups is 1. The summed E-state index contributed by atoms with van der Waals surface area (Å²) in [5, 5.41) is 20.0. The Morgan fingerprint density at radius 1 is 1.50 bits per heavy atom. The molecule has 1 aromatic carbocycles. The summed E-state index contributed by atoms with van der Waals surface area (Å²) in [5.74, 6) is 0. The third-order valence-electron chi connectivity index (χ3n) is 3.20. The molecule has 0 saturated carbocycles. The van der Waals surface area contributed by atoms with Gasteiger partial charge in [0, 0.05) is 19.2 Å². The van der Waals surface area contributed by atoms with Crippen LogP contribution in [0.5, 0.6) is 0 Å². The first-order valence-electron chi connectivity index (χ1n) is 6.48. The third kappa shape index (κ3) is 3.68. The first kappa shape index (κ1) is 15.9. The summed E-state index contributed by atoms with van der Waals surface area (Å²) >= 11 is 0. The zero-order valence-corrected chi connectivity index (χ0v) is 12.1. The van der Waals surface area contributed by atoms with Crippen molar-refractivity contribution in [3.63, 3.8) is 0 Å². The normalized spacial score (nSPS) is 10.9. The lowest BCUT2D eigenvalue weighted by Gasteiger charge is -2.32. The van der Waals surface area contributed by atoms with Crippen LogP contribution in [0.2, 0.25) is 0 Å². The van der Waals surface area contributed by atoms with Gasteiger partial charge in [0.25, 0.3) is 5.69 Å². The van der Waals surface area contributed by atoms with Gasteiger partial charge in [0.05, 0.1) is 16.6 Å². The van der Waals surface area contributed by atoms with Crippen LogP contribution >= 0.6 is 0 Å². The van der Waals surface area contributed by atoms with Crippen LogP contribution in [0, 0.1) is 26.9 Å². The lowest BCUT2D eigenvalue weighted by Crippen LogP contribution is -2.39. The van der Waals surface area contributed by atoms with Crippen LogP contribution in [0.4, 0.5) is 11.4 Å². The van der Waals surface area contributed by atoms with Gasteiger partial charge in [0.1, 0.15) is 5.69 Å². The van der Waals surface area contributed by atoms with Gasteiger partial charge in [-0.3, -0.25) is 10.1 Å². The van der Waals surface area contributed by atoms with Gasteiger partial charge in [0.15, 0.2) is 0 Å². The zero-order valence-electron chi connectivity index (χ0n) is 12.1. The highest BCUT2D eigenvalue weighted by molar-refractivity contribution is 5.65. The summed E-state index contributed by atoms with van der Waals surface area (Å²) in [6, 6.07) is 6.47. The van der Waals surface area contributed by atoms with Gasteiger partial charge in [0.2, 0.25) is 0 Å². The second kappa shape index (κ2) is 6.35. The fraction of sp³-hybridized carbons (Fsp3) is 0.500. The SMILES string of the molecule is CCN(CC(C)(C)CN)c1ccc(C#N)cc1[N+](=O)[O-]. The van der Waals surface area contributed by atoms with Crippen molar-refractivity contribution in [3.8, 4) is 6.07 Å². The first-order valence-corrected chi connectivity index (χ1v) is 6.48. The van der Waals surface area contributed by atoms with Crippen molar-refractivity contribution in [2.45, 2.75) is 20.8 Å². The Bertz CT molecular complexity index is 534. The molecule has 0 spiro atoms. The van der Waals surface area contributed by atoms with E-state index in [9.17, 15) is 10.1 Å². The molecular weight excluding hydrogens is 256 g/mol. The minimum absolute atomic E-state index is 0.0429. The number of hydrogen-bond donors (Lipinski definition) is 1. The molecule has 6 nitrogen and oxygen atoms in total. The molecule has 20 heavy (non-hydrogen) atoms. The van der Waals surface area contributed by atoms with Crippen molar-refractivity contribution >= 4 is 11.4 Å². The standard InChI is InChI=1S/C14H20N4O2/c1-4-17(10-14(2,3)9-16)12-6-5-11(8-15)7-13(12)18(19)20/h5-7H,4,9-10,16H2,1-3H3. The molecule has 0 amide bonds. The van der Waals surface area contributed by atoms with Gasteiger partial charge in [-0.15, -0.1) is 0 Å². The van der Waals surface area contributed by atoms with Crippen molar-refractivity contribution in [1.29, 1.82) is 5.26 Å². The number of nitrogens with two attached hydrogens (primary N) is 1. The van der Waals surface area contributed by atoms with E-state index in [2.05, 4.69) is 0 Å². The van der Waals surface area contributed by atoms with Crippen molar-refractivity contribution in [2.75, 3.05) is 24.5 Å². The Hall–Kier alpha value is -2.13. The van der Waals surface area contributed by atoms with E-state index in [0.29, 0.717) is 25.3 Å². The summed E-state index contributed by atoms with van der Waals surface area (Å²) in [7, 11) is 0. The molecule has 0 fully saturated rings. The van der Waals surface area contributed by atoms with Gasteiger partial charge >= 0.3 is 0 Å². The second-order valence-electron chi connectivity index (χ2n) is 5.45. The smallest absolute Gasteiger partial charge is 0.293 e. The summed E-state index contributed by atoms with van der Waals surface area (Å²) in [6.07, 6.45) is 0. The van der Waals surface area contributed by atoms with E-state index < -0.39 is 4.92 Å². The molecule has 0 unspecified atom stereocenters. The lowest BCUT2D eigenvalue weighted by atomic mass is 9.92. The molecule has 108 valence electrons. The summed E-state index contributed by atoms with van der Waals surface area (Å²) < 4.78 is 0. The number of benzene rings is 1. The number of anilines is 1. The topological polar surface area (TPSA) is 96.2 Å². The van der Waals surface area contributed by atoms with Crippen LogP contribution in [0.1, 0.15) is 26.3 Å². The third-order valence-corrected chi connectivity index (χ3v) is 3.20. The van der Waals surface area contributed by atoms with Crippen molar-refractivity contribution in [1.82, 2.24) is 0 Å². The Balaban J connectivity index is 3.22. The van der Waals surface area contributed by atoms with E-state index in [4.69, 9.17) is 11.0 Å². The molecule has 6 heteroatoms. The number of nitriles is 1. The average Bonchev–Trinajstić information content (AvgIpc) is 2.44. The van der Waals surface area contributed by atoms with Crippen LogP contribution in [-0.2, 0) is 0 Å². The minimum atomic E-state index is -0.450. The maximum atomic E-state index is 11.2. The van der Waals surface area contributed by atoms with Gasteiger partial charge in [-0.2, -0.15) is 5.26 Å². The Morgan fingerprint density at radius 3 is 2.60 bits per heavy atom. The van der Waals surface area contributed by atoms with Gasteiger partial charge in [-0.25, -0.2) is 0 Å². The fourth-order valence-electron chi connectivity index (χ4n) is 1.96. The van der Waals surface area contributed by atoms with Gasteiger partial charge in [-0.05, 0) is 31.0 Å². The Morgan fingerprint density at radius 2 is 2.15 bits per heavy atom. The van der Waals surface area contributed by atoms with E-state index in [1.165, 1.54) is 6.07 Å². The van der Waals surface area contributed by atoms with Gasteiger partial charge in [-0.1, -0.05) is 13.8 Å². The van der Waals surface area contributed by atoms with Crippen LogP contribution < -0.4 is 10.6 Å². The van der Waals surface area contributed by atoms with Crippen LogP contribution in [0.25, 0.3) is 0 Å². The lowest BCUT2D eigenvalue weighted by molar-refractivity contribution is -0.384. The van der Waals surface area contributed by atoms with E-state index in [1.54, 1.807) is 12.1 Å². The Labute approximate surface area is 118 Å². The summed E-state index contributed by atoms with van der Waals surface area (Å²) in [6.45, 7) is 7.72. The highest BCUT2D eigenvalue weighted by Gasteiger charge is 2.25. The maximum Gasteiger partial charge on any atom is 0.293 e. The molecule has 0 bridgehead atoms. The number of hydrogen-bond acceptors (Lipinski definition) is 5. The maximum absolute atomic E-state index is 11.2. The molecule has 0 radical (unpaired) electrons. The predicted octanol–water partition coefficient (Wildman–Crippen LogP) is 2.28. The molecule has 0 aliphatic carbocycles. The molecule has 0 heterocycles. The summed E-state index contributed by atoms with van der Waals surface area (Å²) in [4.78, 5) is 12.7. The molecule has 0 atom stereocenters. The first-order chi connectivity index (χ1) is 9.34. The zero-order chi connectivity index (χ0) is 15.3. The number of rotatable bonds is 6. The largest absolute Gasteiger partial charge is 0.366 e. The van der Waals surface area contributed by atoms with Crippen LogP contribution in [0.3, 0.4) is 0 Å². The second-order valence-corrected chi connectivity index (χ2v) is 5.45. The van der Waals surface area contributed by atoms with E-state index in [1.807, 2.05) is 31.7 Å². The van der Waals surface area contributed by atoms with E-state index in [0.717, 1.165) is 0 Å². The highest BCUT2D eigenvalue weighted by Crippen LogP contribution is 2.31. The predicted molar refractivity (Wildman–Crippen MR) is 78.5 cm³/mol.